The van der Waals surface area contributed by atoms with E-state index in [4.69, 9.17) is 4.74 Å². The first-order valence-electron chi connectivity index (χ1n) is 9.99. The lowest BCUT2D eigenvalue weighted by Gasteiger charge is -2.26. The molecule has 1 aromatic heterocycles. The van der Waals surface area contributed by atoms with Gasteiger partial charge in [0.25, 0.3) is 0 Å². The molecule has 1 aromatic rings. The van der Waals surface area contributed by atoms with E-state index in [0.717, 1.165) is 70.0 Å². The fourth-order valence-corrected chi connectivity index (χ4v) is 4.04. The van der Waals surface area contributed by atoms with Crippen LogP contribution >= 0.6 is 0 Å². The largest absolute Gasteiger partial charge is 0.381 e. The third-order valence-corrected chi connectivity index (χ3v) is 5.78. The van der Waals surface area contributed by atoms with E-state index in [0.29, 0.717) is 5.92 Å². The fourth-order valence-electron chi connectivity index (χ4n) is 4.04. The number of carbonyl (C=O) groups is 1. The summed E-state index contributed by atoms with van der Waals surface area (Å²) in [4.78, 5) is 15.1. The number of aromatic nitrogens is 1. The molecule has 136 valence electrons. The Labute approximate surface area is 150 Å². The summed E-state index contributed by atoms with van der Waals surface area (Å²) in [7, 11) is 0. The van der Waals surface area contributed by atoms with Crippen LogP contribution in [0.5, 0.6) is 0 Å². The van der Waals surface area contributed by atoms with Crippen molar-refractivity contribution in [2.24, 2.45) is 11.8 Å². The molecule has 4 nitrogen and oxygen atoms in total. The van der Waals surface area contributed by atoms with E-state index in [2.05, 4.69) is 33.9 Å². The molecule has 1 aliphatic heterocycles. The van der Waals surface area contributed by atoms with Crippen molar-refractivity contribution >= 4 is 5.91 Å². The predicted octanol–water partition coefficient (Wildman–Crippen LogP) is 3.76. The van der Waals surface area contributed by atoms with Crippen molar-refractivity contribution in [1.29, 1.82) is 0 Å². The molecule has 0 saturated heterocycles. The van der Waals surface area contributed by atoms with Crippen LogP contribution in [0.25, 0.3) is 0 Å². The predicted molar refractivity (Wildman–Crippen MR) is 98.1 cm³/mol. The van der Waals surface area contributed by atoms with E-state index in [1.807, 2.05) is 0 Å². The molecule has 0 spiro atoms. The molecule has 1 saturated carbocycles. The van der Waals surface area contributed by atoms with Crippen LogP contribution in [0, 0.1) is 11.8 Å². The number of amides is 1. The molecular weight excluding hydrogens is 312 g/mol. The van der Waals surface area contributed by atoms with E-state index in [9.17, 15) is 4.79 Å². The van der Waals surface area contributed by atoms with Crippen LogP contribution in [0.4, 0.5) is 0 Å². The van der Waals surface area contributed by atoms with Crippen molar-refractivity contribution < 1.29 is 9.53 Å². The summed E-state index contributed by atoms with van der Waals surface area (Å²) in [5.74, 6) is 1.56. The van der Waals surface area contributed by atoms with Crippen LogP contribution in [-0.2, 0) is 22.6 Å². The second kappa shape index (κ2) is 7.77. The number of rotatable bonds is 6. The number of fused-ring (bicyclic) bond motifs is 1. The summed E-state index contributed by atoms with van der Waals surface area (Å²) in [6, 6.07) is 4.26. The number of nitrogens with zero attached hydrogens (tertiary/aromatic N) is 2. The SMILES string of the molecule is O=C(C1=CCCCC1)N1Cc2cccn2C[C@H](CCOCC2CC2)C1. The summed E-state index contributed by atoms with van der Waals surface area (Å²) < 4.78 is 8.19. The average Bonchev–Trinajstić information content (AvgIpc) is 3.40. The topological polar surface area (TPSA) is 34.5 Å². The summed E-state index contributed by atoms with van der Waals surface area (Å²) in [5, 5.41) is 0. The van der Waals surface area contributed by atoms with Gasteiger partial charge in [-0.2, -0.15) is 0 Å². The van der Waals surface area contributed by atoms with Gasteiger partial charge in [0.1, 0.15) is 0 Å². The first kappa shape index (κ1) is 16.9. The molecule has 4 rings (SSSR count). The highest BCUT2D eigenvalue weighted by atomic mass is 16.5. The Bertz CT molecular complexity index is 630. The Morgan fingerprint density at radius 3 is 2.92 bits per heavy atom. The minimum absolute atomic E-state index is 0.262. The van der Waals surface area contributed by atoms with Gasteiger partial charge in [0.15, 0.2) is 0 Å². The van der Waals surface area contributed by atoms with Crippen molar-refractivity contribution in [3.05, 3.63) is 35.7 Å². The van der Waals surface area contributed by atoms with E-state index in [1.165, 1.54) is 25.0 Å². The van der Waals surface area contributed by atoms with Gasteiger partial charge in [-0.05, 0) is 68.9 Å². The van der Waals surface area contributed by atoms with Crippen molar-refractivity contribution in [3.63, 3.8) is 0 Å². The summed E-state index contributed by atoms with van der Waals surface area (Å²) >= 11 is 0. The Kier molecular flexibility index (Phi) is 5.25. The molecular formula is C21H30N2O2. The highest BCUT2D eigenvalue weighted by molar-refractivity contribution is 5.93. The van der Waals surface area contributed by atoms with Crippen LogP contribution < -0.4 is 0 Å². The Hall–Kier alpha value is -1.55. The van der Waals surface area contributed by atoms with Crippen LogP contribution in [0.2, 0.25) is 0 Å². The maximum absolute atomic E-state index is 13.0. The van der Waals surface area contributed by atoms with E-state index in [1.54, 1.807) is 0 Å². The summed E-state index contributed by atoms with van der Waals surface area (Å²) in [6.45, 7) is 4.34. The number of hydrogen-bond donors (Lipinski definition) is 0. The van der Waals surface area contributed by atoms with Gasteiger partial charge < -0.3 is 14.2 Å². The molecule has 3 aliphatic rings. The average molecular weight is 342 g/mol. The van der Waals surface area contributed by atoms with Gasteiger partial charge in [0, 0.05) is 43.8 Å². The zero-order chi connectivity index (χ0) is 17.1. The molecule has 0 unspecified atom stereocenters. The second-order valence-electron chi connectivity index (χ2n) is 7.99. The van der Waals surface area contributed by atoms with Gasteiger partial charge in [-0.25, -0.2) is 0 Å². The lowest BCUT2D eigenvalue weighted by atomic mass is 9.98. The lowest BCUT2D eigenvalue weighted by molar-refractivity contribution is -0.128. The molecule has 2 heterocycles. The number of ether oxygens (including phenoxy) is 1. The Balaban J connectivity index is 1.41. The molecule has 0 bridgehead atoms. The number of carbonyl (C=O) groups excluding carboxylic acids is 1. The quantitative estimate of drug-likeness (QED) is 0.738. The van der Waals surface area contributed by atoms with Crippen LogP contribution in [0.15, 0.2) is 30.0 Å². The van der Waals surface area contributed by atoms with E-state index in [-0.39, 0.29) is 5.91 Å². The summed E-state index contributed by atoms with van der Waals surface area (Å²) in [5.41, 5.74) is 2.29. The Morgan fingerprint density at radius 2 is 2.12 bits per heavy atom. The third-order valence-electron chi connectivity index (χ3n) is 5.78. The Morgan fingerprint density at radius 1 is 1.20 bits per heavy atom. The van der Waals surface area contributed by atoms with Crippen LogP contribution in [0.1, 0.15) is 50.6 Å². The van der Waals surface area contributed by atoms with Crippen LogP contribution in [-0.4, -0.2) is 35.1 Å². The van der Waals surface area contributed by atoms with Gasteiger partial charge in [0.2, 0.25) is 5.91 Å². The lowest BCUT2D eigenvalue weighted by Crippen LogP contribution is -2.35. The van der Waals surface area contributed by atoms with Crippen molar-refractivity contribution in [2.45, 2.75) is 58.0 Å². The zero-order valence-electron chi connectivity index (χ0n) is 15.2. The summed E-state index contributed by atoms with van der Waals surface area (Å²) in [6.07, 6.45) is 12.4. The normalized spacial score (nSPS) is 23.8. The standard InChI is InChI=1S/C21H30N2O2/c24-21(19-5-2-1-3-6-19)23-14-18(10-12-25-16-17-8-9-17)13-22-11-4-7-20(22)15-23/h4-5,7,11,17-18H,1-3,6,8-10,12-16H2/t18-/m0/s1. The van der Waals surface area contributed by atoms with Gasteiger partial charge in [-0.3, -0.25) is 4.79 Å². The van der Waals surface area contributed by atoms with Gasteiger partial charge in [-0.15, -0.1) is 0 Å². The highest BCUT2D eigenvalue weighted by Crippen LogP contribution is 2.29. The minimum atomic E-state index is 0.262. The molecule has 1 atom stereocenters. The molecule has 4 heteroatoms. The van der Waals surface area contributed by atoms with Gasteiger partial charge >= 0.3 is 0 Å². The third kappa shape index (κ3) is 4.35. The first-order chi connectivity index (χ1) is 12.3. The number of allylic oxidation sites excluding steroid dienone is 1. The molecule has 2 aliphatic carbocycles. The molecule has 0 radical (unpaired) electrons. The maximum atomic E-state index is 13.0. The molecule has 1 fully saturated rings. The van der Waals surface area contributed by atoms with Gasteiger partial charge in [0.05, 0.1) is 6.54 Å². The van der Waals surface area contributed by atoms with E-state index < -0.39 is 0 Å². The van der Waals surface area contributed by atoms with Crippen molar-refractivity contribution in [1.82, 2.24) is 9.47 Å². The van der Waals surface area contributed by atoms with Crippen molar-refractivity contribution in [3.8, 4) is 0 Å². The minimum Gasteiger partial charge on any atom is -0.381 e. The molecule has 0 N–H and O–H groups in total. The smallest absolute Gasteiger partial charge is 0.249 e. The fraction of sp³-hybridized carbons (Fsp3) is 0.667. The monoisotopic (exact) mass is 342 g/mol. The second-order valence-corrected chi connectivity index (χ2v) is 7.99. The highest BCUT2D eigenvalue weighted by Gasteiger charge is 2.27. The maximum Gasteiger partial charge on any atom is 0.249 e. The molecule has 0 aromatic carbocycles. The van der Waals surface area contributed by atoms with E-state index >= 15 is 0 Å². The molecule has 1 amide bonds. The molecule has 25 heavy (non-hydrogen) atoms. The first-order valence-corrected chi connectivity index (χ1v) is 9.99. The number of hydrogen-bond acceptors (Lipinski definition) is 2. The van der Waals surface area contributed by atoms with Crippen LogP contribution in [0.3, 0.4) is 0 Å². The van der Waals surface area contributed by atoms with Gasteiger partial charge in [-0.1, -0.05) is 6.08 Å². The van der Waals surface area contributed by atoms with Crippen molar-refractivity contribution in [2.75, 3.05) is 19.8 Å². The zero-order valence-corrected chi connectivity index (χ0v) is 15.2.